The van der Waals surface area contributed by atoms with Crippen molar-refractivity contribution < 1.29 is 0 Å². The molecule has 2 nitrogen and oxygen atoms in total. The molecule has 0 amide bonds. The number of hydrogen-bond donors (Lipinski definition) is 0. The summed E-state index contributed by atoms with van der Waals surface area (Å²) in [5, 5.41) is 6.44. The van der Waals surface area contributed by atoms with Crippen molar-refractivity contribution >= 4 is 27.5 Å². The molecule has 0 aromatic carbocycles. The summed E-state index contributed by atoms with van der Waals surface area (Å²) in [5.74, 6) is 0. The maximum Gasteiger partial charge on any atom is 0.0849 e. The van der Waals surface area contributed by atoms with Crippen LogP contribution < -0.4 is 0 Å². The van der Waals surface area contributed by atoms with Crippen molar-refractivity contribution in [2.75, 3.05) is 5.33 Å². The van der Waals surface area contributed by atoms with Gasteiger partial charge in [-0.3, -0.25) is 4.68 Å². The van der Waals surface area contributed by atoms with Gasteiger partial charge in [-0.1, -0.05) is 34.5 Å². The van der Waals surface area contributed by atoms with E-state index in [1.807, 2.05) is 4.68 Å². The van der Waals surface area contributed by atoms with Crippen molar-refractivity contribution in [2.24, 2.45) is 0 Å². The van der Waals surface area contributed by atoms with E-state index in [1.54, 1.807) is 0 Å². The van der Waals surface area contributed by atoms with Crippen LogP contribution in [0, 0.1) is 0 Å². The van der Waals surface area contributed by atoms with Crippen molar-refractivity contribution in [3.8, 4) is 0 Å². The summed E-state index contributed by atoms with van der Waals surface area (Å²) in [6, 6.07) is 0. The van der Waals surface area contributed by atoms with E-state index in [9.17, 15) is 0 Å². The largest absolute Gasteiger partial charge is 0.268 e. The maximum absolute atomic E-state index is 6.29. The van der Waals surface area contributed by atoms with Crippen LogP contribution in [0.4, 0.5) is 0 Å². The van der Waals surface area contributed by atoms with E-state index in [1.165, 1.54) is 18.5 Å². The molecule has 0 spiro atoms. The predicted octanol–water partition coefficient (Wildman–Crippen LogP) is 3.84. The minimum Gasteiger partial charge on any atom is -0.268 e. The van der Waals surface area contributed by atoms with Gasteiger partial charge in [0, 0.05) is 11.9 Å². The number of aromatic nitrogens is 2. The molecule has 0 atom stereocenters. The quantitative estimate of drug-likeness (QED) is 0.575. The Labute approximate surface area is 105 Å². The Morgan fingerprint density at radius 3 is 2.60 bits per heavy atom. The molecule has 86 valence electrons. The smallest absolute Gasteiger partial charge is 0.0849 e. The first-order chi connectivity index (χ1) is 7.24. The fraction of sp³-hybridized carbons (Fsp3) is 0.727. The normalized spacial score (nSPS) is 10.9. The van der Waals surface area contributed by atoms with Crippen molar-refractivity contribution in [3.05, 3.63) is 16.4 Å². The third-order valence-corrected chi connectivity index (χ3v) is 3.49. The molecular formula is C11H18BrClN2. The van der Waals surface area contributed by atoms with Crippen molar-refractivity contribution in [3.63, 3.8) is 0 Å². The van der Waals surface area contributed by atoms with Crippen molar-refractivity contribution in [2.45, 2.75) is 46.1 Å². The molecule has 0 unspecified atom stereocenters. The van der Waals surface area contributed by atoms with Gasteiger partial charge in [-0.25, -0.2) is 0 Å². The van der Waals surface area contributed by atoms with Gasteiger partial charge in [-0.2, -0.15) is 5.10 Å². The molecule has 1 aromatic rings. The number of nitrogens with zero attached hydrogens (tertiary/aromatic N) is 2. The highest BCUT2D eigenvalue weighted by Crippen LogP contribution is 2.23. The molecule has 4 heteroatoms. The van der Waals surface area contributed by atoms with E-state index >= 15 is 0 Å². The first-order valence-electron chi connectivity index (χ1n) is 5.54. The Morgan fingerprint density at radius 2 is 2.07 bits per heavy atom. The molecule has 0 aliphatic carbocycles. The third kappa shape index (κ3) is 3.22. The van der Waals surface area contributed by atoms with Gasteiger partial charge in [-0.05, 0) is 32.6 Å². The van der Waals surface area contributed by atoms with Crippen molar-refractivity contribution in [1.82, 2.24) is 9.78 Å². The molecule has 0 aliphatic heterocycles. The molecule has 0 saturated heterocycles. The van der Waals surface area contributed by atoms with Gasteiger partial charge in [0.25, 0.3) is 0 Å². The molecular weight excluding hydrogens is 275 g/mol. The molecule has 0 radical (unpaired) electrons. The fourth-order valence-corrected chi connectivity index (χ4v) is 2.40. The van der Waals surface area contributed by atoms with Crippen LogP contribution in [0.15, 0.2) is 0 Å². The second-order valence-electron chi connectivity index (χ2n) is 3.52. The highest BCUT2D eigenvalue weighted by atomic mass is 79.9. The zero-order valence-electron chi connectivity index (χ0n) is 9.39. The van der Waals surface area contributed by atoms with E-state index in [0.29, 0.717) is 0 Å². The summed E-state index contributed by atoms with van der Waals surface area (Å²) in [4.78, 5) is 0. The lowest BCUT2D eigenvalue weighted by molar-refractivity contribution is 0.602. The second-order valence-corrected chi connectivity index (χ2v) is 4.69. The van der Waals surface area contributed by atoms with Gasteiger partial charge in [0.2, 0.25) is 0 Å². The van der Waals surface area contributed by atoms with E-state index in [-0.39, 0.29) is 0 Å². The first-order valence-corrected chi connectivity index (χ1v) is 7.04. The highest BCUT2D eigenvalue weighted by molar-refractivity contribution is 9.09. The highest BCUT2D eigenvalue weighted by Gasteiger charge is 2.13. The molecule has 1 rings (SSSR count). The van der Waals surface area contributed by atoms with Gasteiger partial charge in [0.1, 0.15) is 0 Å². The number of halogens is 2. The van der Waals surface area contributed by atoms with Crippen molar-refractivity contribution in [1.29, 1.82) is 0 Å². The van der Waals surface area contributed by atoms with E-state index in [2.05, 4.69) is 34.9 Å². The topological polar surface area (TPSA) is 17.8 Å². The van der Waals surface area contributed by atoms with Gasteiger partial charge in [0.15, 0.2) is 0 Å². The maximum atomic E-state index is 6.29. The van der Waals surface area contributed by atoms with Crippen LogP contribution >= 0.6 is 27.5 Å². The molecule has 0 aliphatic rings. The zero-order chi connectivity index (χ0) is 11.3. The van der Waals surface area contributed by atoms with Crippen LogP contribution in [0.5, 0.6) is 0 Å². The number of hydrogen-bond acceptors (Lipinski definition) is 1. The number of unbranched alkanes of at least 4 members (excludes halogenated alkanes) is 1. The number of rotatable bonds is 6. The first kappa shape index (κ1) is 13.0. The molecule has 1 aromatic heterocycles. The summed E-state index contributed by atoms with van der Waals surface area (Å²) >= 11 is 9.73. The molecule has 0 bridgehead atoms. The minimum absolute atomic E-state index is 0.883. The van der Waals surface area contributed by atoms with E-state index < -0.39 is 0 Å². The van der Waals surface area contributed by atoms with Gasteiger partial charge >= 0.3 is 0 Å². The fourth-order valence-electron chi connectivity index (χ4n) is 1.64. The number of aryl methyl sites for hydroxylation is 2. The Bertz CT molecular complexity index is 310. The lowest BCUT2D eigenvalue weighted by Crippen LogP contribution is -2.03. The van der Waals surface area contributed by atoms with Crippen LogP contribution in [0.2, 0.25) is 5.02 Å². The average molecular weight is 294 g/mol. The van der Waals surface area contributed by atoms with Gasteiger partial charge < -0.3 is 0 Å². The van der Waals surface area contributed by atoms with E-state index in [4.69, 9.17) is 11.6 Å². The minimum atomic E-state index is 0.883. The Morgan fingerprint density at radius 1 is 1.33 bits per heavy atom. The van der Waals surface area contributed by atoms with Crippen LogP contribution in [-0.4, -0.2) is 15.1 Å². The SMILES string of the molecule is CCc1nn(CC)c(CCCCBr)c1Cl. The third-order valence-electron chi connectivity index (χ3n) is 2.49. The molecule has 0 N–H and O–H groups in total. The van der Waals surface area contributed by atoms with Gasteiger partial charge in [-0.15, -0.1) is 0 Å². The average Bonchev–Trinajstić information content (AvgIpc) is 2.56. The Hall–Kier alpha value is -0.0200. The van der Waals surface area contributed by atoms with Crippen LogP contribution in [0.1, 0.15) is 38.1 Å². The predicted molar refractivity (Wildman–Crippen MR) is 69.0 cm³/mol. The lowest BCUT2D eigenvalue weighted by Gasteiger charge is -2.04. The summed E-state index contributed by atoms with van der Waals surface area (Å²) in [6.45, 7) is 5.11. The molecule has 1 heterocycles. The van der Waals surface area contributed by atoms with E-state index in [0.717, 1.165) is 35.4 Å². The summed E-state index contributed by atoms with van der Waals surface area (Å²) < 4.78 is 2.04. The lowest BCUT2D eigenvalue weighted by atomic mass is 10.2. The monoisotopic (exact) mass is 292 g/mol. The summed E-state index contributed by atoms with van der Waals surface area (Å²) in [6.07, 6.45) is 4.30. The Kier molecular flexibility index (Phi) is 5.69. The van der Waals surface area contributed by atoms with Crippen LogP contribution in [0.3, 0.4) is 0 Å². The molecule has 0 fully saturated rings. The van der Waals surface area contributed by atoms with Crippen LogP contribution in [-0.2, 0) is 19.4 Å². The zero-order valence-corrected chi connectivity index (χ0v) is 11.7. The van der Waals surface area contributed by atoms with Crippen LogP contribution in [0.25, 0.3) is 0 Å². The second kappa shape index (κ2) is 6.54. The molecule has 15 heavy (non-hydrogen) atoms. The standard InChI is InChI=1S/C11H18BrClN2/c1-3-9-11(13)10(7-5-6-8-12)15(4-2)14-9/h3-8H2,1-2H3. The Balaban J connectivity index is 2.78. The summed E-state index contributed by atoms with van der Waals surface area (Å²) in [5.41, 5.74) is 2.24. The number of alkyl halides is 1. The van der Waals surface area contributed by atoms with Gasteiger partial charge in [0.05, 0.1) is 16.4 Å². The molecule has 0 saturated carbocycles. The summed E-state index contributed by atoms with van der Waals surface area (Å²) in [7, 11) is 0.